The average molecular weight is 442 g/mol. The molecule has 4 heterocycles. The molecule has 172 valence electrons. The van der Waals surface area contributed by atoms with Gasteiger partial charge in [-0.3, -0.25) is 9.69 Å². The Morgan fingerprint density at radius 1 is 1.16 bits per heavy atom. The Bertz CT molecular complexity index is 911. The monoisotopic (exact) mass is 441 g/mol. The number of nitrogens with one attached hydrogen (secondary N) is 1. The van der Waals surface area contributed by atoms with Crippen molar-refractivity contribution >= 4 is 17.4 Å². The molecule has 32 heavy (non-hydrogen) atoms. The van der Waals surface area contributed by atoms with Gasteiger partial charge in [-0.25, -0.2) is 4.39 Å². The molecule has 0 radical (unpaired) electrons. The SMILES string of the molecule is C[C@@H]1CN(CC[C@H]2CC3(CCN(c4ccon4)CC3)C(=O)N2)CCN1c1ccc(F)cc1. The number of hydrogen-bond acceptors (Lipinski definition) is 6. The molecule has 1 amide bonds. The maximum Gasteiger partial charge on any atom is 0.226 e. The van der Waals surface area contributed by atoms with Gasteiger partial charge < -0.3 is 19.6 Å². The van der Waals surface area contributed by atoms with Crippen molar-refractivity contribution in [2.75, 3.05) is 49.1 Å². The summed E-state index contributed by atoms with van der Waals surface area (Å²) in [6, 6.07) is 9.30. The lowest BCUT2D eigenvalue weighted by atomic mass is 9.75. The molecular weight excluding hydrogens is 409 g/mol. The number of hydrogen-bond donors (Lipinski definition) is 1. The molecule has 3 aliphatic heterocycles. The lowest BCUT2D eigenvalue weighted by Gasteiger charge is -2.41. The Hall–Kier alpha value is -2.61. The van der Waals surface area contributed by atoms with Gasteiger partial charge in [-0.1, -0.05) is 5.16 Å². The Kier molecular flexibility index (Phi) is 5.80. The highest BCUT2D eigenvalue weighted by atomic mass is 19.1. The van der Waals surface area contributed by atoms with Crippen molar-refractivity contribution in [2.45, 2.75) is 44.7 Å². The molecular formula is C24H32FN5O2. The lowest BCUT2D eigenvalue weighted by molar-refractivity contribution is -0.128. The molecule has 0 bridgehead atoms. The third-order valence-corrected chi connectivity index (χ3v) is 7.59. The summed E-state index contributed by atoms with van der Waals surface area (Å²) in [4.78, 5) is 19.9. The van der Waals surface area contributed by atoms with Gasteiger partial charge in [0.05, 0.1) is 5.41 Å². The molecule has 3 fully saturated rings. The minimum Gasteiger partial charge on any atom is -0.366 e. The van der Waals surface area contributed by atoms with E-state index in [0.717, 1.165) is 76.5 Å². The summed E-state index contributed by atoms with van der Waals surface area (Å²) in [6.45, 7) is 7.81. The maximum absolute atomic E-state index is 13.2. The molecule has 5 rings (SSSR count). The highest BCUT2D eigenvalue weighted by Gasteiger charge is 2.48. The normalized spacial score (nSPS) is 26.0. The second-order valence-electron chi connectivity index (χ2n) is 9.61. The summed E-state index contributed by atoms with van der Waals surface area (Å²) in [7, 11) is 0. The first-order chi connectivity index (χ1) is 15.5. The predicted octanol–water partition coefficient (Wildman–Crippen LogP) is 2.89. The average Bonchev–Trinajstić information content (AvgIpc) is 3.43. The van der Waals surface area contributed by atoms with Crippen LogP contribution >= 0.6 is 0 Å². The van der Waals surface area contributed by atoms with E-state index in [0.29, 0.717) is 6.04 Å². The van der Waals surface area contributed by atoms with Crippen LogP contribution in [0.2, 0.25) is 0 Å². The van der Waals surface area contributed by atoms with Gasteiger partial charge in [-0.05, 0) is 56.9 Å². The number of anilines is 2. The standard InChI is InChI=1S/C24H32FN5O2/c1-18-17-28(13-14-30(18)21-4-2-19(25)3-5-21)10-6-20-16-24(23(31)26-20)8-11-29(12-9-24)22-7-15-32-27-22/h2-5,7,15,18,20H,6,8-14,16-17H2,1H3,(H,26,31)/t18-,20+/m1/s1. The lowest BCUT2D eigenvalue weighted by Crippen LogP contribution is -2.52. The van der Waals surface area contributed by atoms with E-state index in [9.17, 15) is 9.18 Å². The summed E-state index contributed by atoms with van der Waals surface area (Å²) >= 11 is 0. The molecule has 3 aliphatic rings. The van der Waals surface area contributed by atoms with Crippen molar-refractivity contribution in [3.8, 4) is 0 Å². The summed E-state index contributed by atoms with van der Waals surface area (Å²) in [5.74, 6) is 0.903. The first-order valence-corrected chi connectivity index (χ1v) is 11.7. The Morgan fingerprint density at radius 3 is 2.62 bits per heavy atom. The fourth-order valence-corrected chi connectivity index (χ4v) is 5.68. The molecule has 0 aliphatic carbocycles. The van der Waals surface area contributed by atoms with Gasteiger partial charge in [0, 0.05) is 63.1 Å². The van der Waals surface area contributed by atoms with Gasteiger partial charge in [-0.15, -0.1) is 0 Å². The van der Waals surface area contributed by atoms with Crippen LogP contribution in [0.25, 0.3) is 0 Å². The van der Waals surface area contributed by atoms with Crippen molar-refractivity contribution in [1.29, 1.82) is 0 Å². The van der Waals surface area contributed by atoms with Gasteiger partial charge in [-0.2, -0.15) is 0 Å². The minimum absolute atomic E-state index is 0.194. The summed E-state index contributed by atoms with van der Waals surface area (Å²) in [6.07, 6.45) is 5.26. The van der Waals surface area contributed by atoms with Crippen LogP contribution in [-0.4, -0.2) is 67.3 Å². The number of carbonyl (C=O) groups is 1. The second-order valence-corrected chi connectivity index (χ2v) is 9.61. The fourth-order valence-electron chi connectivity index (χ4n) is 5.68. The van der Waals surface area contributed by atoms with Crippen molar-refractivity contribution in [3.05, 3.63) is 42.4 Å². The quantitative estimate of drug-likeness (QED) is 0.770. The van der Waals surface area contributed by atoms with Crippen LogP contribution < -0.4 is 15.1 Å². The van der Waals surface area contributed by atoms with Crippen LogP contribution in [0.4, 0.5) is 15.9 Å². The zero-order valence-electron chi connectivity index (χ0n) is 18.7. The summed E-state index contributed by atoms with van der Waals surface area (Å²) in [5, 5.41) is 7.32. The van der Waals surface area contributed by atoms with Gasteiger partial charge in [0.15, 0.2) is 5.82 Å². The number of carbonyl (C=O) groups excluding carboxylic acids is 1. The third-order valence-electron chi connectivity index (χ3n) is 7.59. The topological polar surface area (TPSA) is 64.9 Å². The van der Waals surface area contributed by atoms with Crippen LogP contribution in [0, 0.1) is 11.2 Å². The fraction of sp³-hybridized carbons (Fsp3) is 0.583. The molecule has 1 N–H and O–H groups in total. The molecule has 1 aromatic carbocycles. The summed E-state index contributed by atoms with van der Waals surface area (Å²) < 4.78 is 18.2. The molecule has 1 aromatic heterocycles. The van der Waals surface area contributed by atoms with Crippen LogP contribution in [0.5, 0.6) is 0 Å². The van der Waals surface area contributed by atoms with E-state index in [1.54, 1.807) is 6.26 Å². The van der Waals surface area contributed by atoms with Gasteiger partial charge >= 0.3 is 0 Å². The highest BCUT2D eigenvalue weighted by molar-refractivity contribution is 5.85. The van der Waals surface area contributed by atoms with Crippen molar-refractivity contribution in [1.82, 2.24) is 15.4 Å². The van der Waals surface area contributed by atoms with Crippen molar-refractivity contribution in [3.63, 3.8) is 0 Å². The molecule has 2 aromatic rings. The molecule has 8 heteroatoms. The van der Waals surface area contributed by atoms with Crippen LogP contribution in [-0.2, 0) is 4.79 Å². The van der Waals surface area contributed by atoms with Gasteiger partial charge in [0.1, 0.15) is 12.1 Å². The number of halogens is 1. The van der Waals surface area contributed by atoms with E-state index in [1.165, 1.54) is 12.1 Å². The molecule has 1 spiro atoms. The molecule has 0 unspecified atom stereocenters. The Labute approximate surface area is 188 Å². The first-order valence-electron chi connectivity index (χ1n) is 11.7. The zero-order chi connectivity index (χ0) is 22.1. The largest absolute Gasteiger partial charge is 0.366 e. The van der Waals surface area contributed by atoms with E-state index in [2.05, 4.69) is 32.1 Å². The van der Waals surface area contributed by atoms with Crippen molar-refractivity contribution in [2.24, 2.45) is 5.41 Å². The van der Waals surface area contributed by atoms with E-state index in [-0.39, 0.29) is 23.2 Å². The third kappa shape index (κ3) is 4.20. The number of nitrogens with zero attached hydrogens (tertiary/aromatic N) is 4. The summed E-state index contributed by atoms with van der Waals surface area (Å²) in [5.41, 5.74) is 0.861. The number of benzene rings is 1. The molecule has 2 atom stereocenters. The highest BCUT2D eigenvalue weighted by Crippen LogP contribution is 2.41. The van der Waals surface area contributed by atoms with Crippen molar-refractivity contribution < 1.29 is 13.7 Å². The smallest absolute Gasteiger partial charge is 0.226 e. The minimum atomic E-state index is -0.223. The predicted molar refractivity (Wildman–Crippen MR) is 121 cm³/mol. The first kappa shape index (κ1) is 21.2. The van der Waals surface area contributed by atoms with E-state index in [4.69, 9.17) is 4.52 Å². The number of piperidine rings is 1. The Morgan fingerprint density at radius 2 is 1.94 bits per heavy atom. The van der Waals surface area contributed by atoms with Crippen LogP contribution in [0.15, 0.2) is 41.1 Å². The Balaban J connectivity index is 1.10. The van der Waals surface area contributed by atoms with E-state index < -0.39 is 0 Å². The van der Waals surface area contributed by atoms with E-state index in [1.807, 2.05) is 18.2 Å². The molecule has 0 saturated carbocycles. The number of aromatic nitrogens is 1. The van der Waals surface area contributed by atoms with Crippen LogP contribution in [0.1, 0.15) is 32.6 Å². The molecule has 3 saturated heterocycles. The van der Waals surface area contributed by atoms with Crippen LogP contribution in [0.3, 0.4) is 0 Å². The number of piperazine rings is 1. The zero-order valence-corrected chi connectivity index (χ0v) is 18.7. The van der Waals surface area contributed by atoms with E-state index >= 15 is 0 Å². The second kappa shape index (κ2) is 8.73. The van der Waals surface area contributed by atoms with Gasteiger partial charge in [0.2, 0.25) is 5.91 Å². The molecule has 7 nitrogen and oxygen atoms in total. The van der Waals surface area contributed by atoms with Gasteiger partial charge in [0.25, 0.3) is 0 Å². The number of rotatable bonds is 5. The maximum atomic E-state index is 13.2. The number of amides is 1.